The lowest BCUT2D eigenvalue weighted by Crippen LogP contribution is -2.45. The van der Waals surface area contributed by atoms with E-state index >= 15 is 0 Å². The molecule has 0 aromatic heterocycles. The number of piperidine rings is 1. The molecule has 1 saturated heterocycles. The van der Waals surface area contributed by atoms with Gasteiger partial charge in [0, 0.05) is 13.1 Å². The fourth-order valence-electron chi connectivity index (χ4n) is 2.25. The summed E-state index contributed by atoms with van der Waals surface area (Å²) in [6.45, 7) is 2.40. The Labute approximate surface area is 121 Å². The molecule has 2 rings (SSSR count). The smallest absolute Gasteiger partial charge is 0.309 e. The lowest BCUT2D eigenvalue weighted by atomic mass is 9.80. The highest BCUT2D eigenvalue weighted by atomic mass is 35.5. The molecule has 0 aliphatic carbocycles. The van der Waals surface area contributed by atoms with Gasteiger partial charge in [0.25, 0.3) is 5.91 Å². The molecule has 1 aromatic rings. The van der Waals surface area contributed by atoms with Gasteiger partial charge in [-0.15, -0.1) is 0 Å². The van der Waals surface area contributed by atoms with Gasteiger partial charge in [0.2, 0.25) is 0 Å². The van der Waals surface area contributed by atoms with Crippen LogP contribution in [0, 0.1) is 11.2 Å². The van der Waals surface area contributed by atoms with Gasteiger partial charge in [0.05, 0.1) is 16.0 Å². The molecular formula is C14H15ClFNO3. The van der Waals surface area contributed by atoms with E-state index in [9.17, 15) is 14.0 Å². The molecule has 0 unspecified atom stereocenters. The summed E-state index contributed by atoms with van der Waals surface area (Å²) in [5.41, 5.74) is -0.546. The molecule has 6 heteroatoms. The zero-order chi connectivity index (χ0) is 14.9. The number of aliphatic carboxylic acids is 1. The van der Waals surface area contributed by atoms with Crippen LogP contribution in [-0.4, -0.2) is 35.0 Å². The van der Waals surface area contributed by atoms with Gasteiger partial charge < -0.3 is 10.0 Å². The van der Waals surface area contributed by atoms with Crippen molar-refractivity contribution in [3.63, 3.8) is 0 Å². The molecule has 0 spiro atoms. The van der Waals surface area contributed by atoms with E-state index in [1.165, 1.54) is 12.1 Å². The predicted octanol–water partition coefficient (Wildman–Crippen LogP) is 2.81. The average molecular weight is 300 g/mol. The molecule has 0 radical (unpaired) electrons. The van der Waals surface area contributed by atoms with Crippen molar-refractivity contribution in [3.05, 3.63) is 34.6 Å². The van der Waals surface area contributed by atoms with E-state index in [4.69, 9.17) is 16.7 Å². The average Bonchev–Trinajstić information content (AvgIpc) is 2.38. The Morgan fingerprint density at radius 1 is 1.35 bits per heavy atom. The number of hydrogen-bond acceptors (Lipinski definition) is 2. The Hall–Kier alpha value is -1.62. The second kappa shape index (κ2) is 5.40. The van der Waals surface area contributed by atoms with Crippen LogP contribution in [0.5, 0.6) is 0 Å². The number of likely N-dealkylation sites (tertiary alicyclic amines) is 1. The molecule has 1 N–H and O–H groups in total. The number of hydrogen-bond donors (Lipinski definition) is 1. The summed E-state index contributed by atoms with van der Waals surface area (Å²) in [6.07, 6.45) is 0.791. The maximum Gasteiger partial charge on any atom is 0.309 e. The van der Waals surface area contributed by atoms with E-state index in [1.54, 1.807) is 11.8 Å². The fraction of sp³-hybridized carbons (Fsp3) is 0.429. The number of carboxylic acid groups (broad SMARTS) is 1. The monoisotopic (exact) mass is 299 g/mol. The first kappa shape index (κ1) is 14.8. The highest BCUT2D eigenvalue weighted by Gasteiger charge is 2.38. The van der Waals surface area contributed by atoms with Gasteiger partial charge in [-0.2, -0.15) is 0 Å². The Morgan fingerprint density at radius 2 is 1.95 bits per heavy atom. The molecule has 20 heavy (non-hydrogen) atoms. The minimum atomic E-state index is -0.843. The summed E-state index contributed by atoms with van der Waals surface area (Å²) in [6, 6.07) is 3.63. The zero-order valence-corrected chi connectivity index (χ0v) is 11.8. The van der Waals surface area contributed by atoms with Gasteiger partial charge >= 0.3 is 5.97 Å². The number of benzene rings is 1. The van der Waals surface area contributed by atoms with Crippen LogP contribution in [0.25, 0.3) is 0 Å². The van der Waals surface area contributed by atoms with Gasteiger partial charge in [-0.25, -0.2) is 4.39 Å². The fourth-order valence-corrected chi connectivity index (χ4v) is 2.50. The Balaban J connectivity index is 2.11. The van der Waals surface area contributed by atoms with Gasteiger partial charge in [-0.1, -0.05) is 11.6 Å². The molecule has 0 bridgehead atoms. The van der Waals surface area contributed by atoms with E-state index in [1.807, 2.05) is 0 Å². The third-order valence-corrected chi connectivity index (χ3v) is 4.14. The molecular weight excluding hydrogens is 285 g/mol. The normalized spacial score (nSPS) is 17.9. The lowest BCUT2D eigenvalue weighted by Gasteiger charge is -2.36. The van der Waals surface area contributed by atoms with Crippen molar-refractivity contribution >= 4 is 23.5 Å². The van der Waals surface area contributed by atoms with Crippen LogP contribution in [0.1, 0.15) is 30.1 Å². The van der Waals surface area contributed by atoms with Crippen LogP contribution in [0.4, 0.5) is 4.39 Å². The summed E-state index contributed by atoms with van der Waals surface area (Å²) in [4.78, 5) is 25.0. The third kappa shape index (κ3) is 2.77. The lowest BCUT2D eigenvalue weighted by molar-refractivity contribution is -0.150. The van der Waals surface area contributed by atoms with Crippen LogP contribution >= 0.6 is 11.6 Å². The summed E-state index contributed by atoms with van der Waals surface area (Å²) in [7, 11) is 0. The van der Waals surface area contributed by atoms with Crippen LogP contribution < -0.4 is 0 Å². The number of carboxylic acids is 1. The highest BCUT2D eigenvalue weighted by molar-refractivity contribution is 6.33. The van der Waals surface area contributed by atoms with Gasteiger partial charge in [-0.3, -0.25) is 9.59 Å². The number of carbonyl (C=O) groups excluding carboxylic acids is 1. The topological polar surface area (TPSA) is 57.6 Å². The standard InChI is InChI=1S/C14H15ClFNO3/c1-14(13(19)20)4-6-17(7-5-14)12(18)10-3-2-9(16)8-11(10)15/h2-3,8H,4-7H2,1H3,(H,19,20). The van der Waals surface area contributed by atoms with E-state index in [0.717, 1.165) is 6.07 Å². The van der Waals surface area contributed by atoms with Crippen LogP contribution in [0.3, 0.4) is 0 Å². The SMILES string of the molecule is CC1(C(=O)O)CCN(C(=O)c2ccc(F)cc2Cl)CC1. The first-order chi connectivity index (χ1) is 9.33. The van der Waals surface area contributed by atoms with E-state index in [-0.39, 0.29) is 16.5 Å². The summed E-state index contributed by atoms with van der Waals surface area (Å²) < 4.78 is 13.0. The quantitative estimate of drug-likeness (QED) is 0.913. The number of amides is 1. The van der Waals surface area contributed by atoms with Crippen molar-refractivity contribution in [1.29, 1.82) is 0 Å². The molecule has 1 aromatic carbocycles. The number of carbonyl (C=O) groups is 2. The van der Waals surface area contributed by atoms with Crippen LogP contribution in [-0.2, 0) is 4.79 Å². The van der Waals surface area contributed by atoms with Crippen molar-refractivity contribution in [2.75, 3.05) is 13.1 Å². The summed E-state index contributed by atoms with van der Waals surface area (Å²) >= 11 is 5.87. The zero-order valence-electron chi connectivity index (χ0n) is 11.0. The molecule has 1 aliphatic heterocycles. The Bertz CT molecular complexity index is 553. The van der Waals surface area contributed by atoms with Gasteiger partial charge in [0.1, 0.15) is 5.82 Å². The molecule has 1 fully saturated rings. The van der Waals surface area contributed by atoms with Gasteiger partial charge in [0.15, 0.2) is 0 Å². The minimum Gasteiger partial charge on any atom is -0.481 e. The predicted molar refractivity (Wildman–Crippen MR) is 72.3 cm³/mol. The number of rotatable bonds is 2. The molecule has 108 valence electrons. The largest absolute Gasteiger partial charge is 0.481 e. The molecule has 1 heterocycles. The maximum absolute atomic E-state index is 13.0. The van der Waals surface area contributed by atoms with Crippen LogP contribution in [0.2, 0.25) is 5.02 Å². The number of nitrogens with zero attached hydrogens (tertiary/aromatic N) is 1. The third-order valence-electron chi connectivity index (χ3n) is 3.83. The van der Waals surface area contributed by atoms with Crippen molar-refractivity contribution in [1.82, 2.24) is 4.90 Å². The van der Waals surface area contributed by atoms with Crippen molar-refractivity contribution in [3.8, 4) is 0 Å². The molecule has 1 amide bonds. The molecule has 4 nitrogen and oxygen atoms in total. The molecule has 0 atom stereocenters. The minimum absolute atomic E-state index is 0.0709. The van der Waals surface area contributed by atoms with E-state index in [0.29, 0.717) is 25.9 Å². The second-order valence-electron chi connectivity index (χ2n) is 5.28. The van der Waals surface area contributed by atoms with E-state index in [2.05, 4.69) is 0 Å². The van der Waals surface area contributed by atoms with Crippen molar-refractivity contribution in [2.24, 2.45) is 5.41 Å². The van der Waals surface area contributed by atoms with Gasteiger partial charge in [-0.05, 0) is 38.0 Å². The molecule has 0 saturated carbocycles. The number of halogens is 2. The highest BCUT2D eigenvalue weighted by Crippen LogP contribution is 2.32. The van der Waals surface area contributed by atoms with E-state index < -0.39 is 17.2 Å². The second-order valence-corrected chi connectivity index (χ2v) is 5.69. The molecule has 1 aliphatic rings. The first-order valence-corrected chi connectivity index (χ1v) is 6.69. The van der Waals surface area contributed by atoms with Crippen LogP contribution in [0.15, 0.2) is 18.2 Å². The van der Waals surface area contributed by atoms with Crippen molar-refractivity contribution in [2.45, 2.75) is 19.8 Å². The summed E-state index contributed by atoms with van der Waals surface area (Å²) in [5, 5.41) is 9.22. The summed E-state index contributed by atoms with van der Waals surface area (Å²) in [5.74, 6) is -1.63. The Morgan fingerprint density at radius 3 is 2.45 bits per heavy atom. The first-order valence-electron chi connectivity index (χ1n) is 6.31. The Kier molecular flexibility index (Phi) is 3.99. The van der Waals surface area contributed by atoms with Crippen molar-refractivity contribution < 1.29 is 19.1 Å². The maximum atomic E-state index is 13.0.